The molecule has 5 nitrogen and oxygen atoms in total. The van der Waals surface area contributed by atoms with E-state index in [0.717, 1.165) is 17.5 Å². The molecule has 0 unspecified atom stereocenters. The van der Waals surface area contributed by atoms with Gasteiger partial charge in [0.15, 0.2) is 0 Å². The van der Waals surface area contributed by atoms with Gasteiger partial charge in [-0.15, -0.1) is 0 Å². The van der Waals surface area contributed by atoms with Gasteiger partial charge in [-0.25, -0.2) is 0 Å². The third kappa shape index (κ3) is 6.50. The van der Waals surface area contributed by atoms with Gasteiger partial charge in [0.1, 0.15) is 0 Å². The Morgan fingerprint density at radius 2 is 1.61 bits per heavy atom. The first-order valence-corrected chi connectivity index (χ1v) is 9.49. The predicted molar refractivity (Wildman–Crippen MR) is 112 cm³/mol. The maximum absolute atomic E-state index is 12.5. The third-order valence-electron chi connectivity index (χ3n) is 4.50. The monoisotopic (exact) mass is 382 g/mol. The topological polar surface area (TPSA) is 67.4 Å². The van der Waals surface area contributed by atoms with Crippen LogP contribution in [0.25, 0.3) is 0 Å². The molecule has 0 saturated carbocycles. The molecule has 2 atom stereocenters. The Kier molecular flexibility index (Phi) is 7.35. The molecule has 0 saturated heterocycles. The van der Waals surface area contributed by atoms with Crippen molar-refractivity contribution in [3.8, 4) is 0 Å². The summed E-state index contributed by atoms with van der Waals surface area (Å²) in [5.41, 5.74) is 2.47. The van der Waals surface area contributed by atoms with Crippen molar-refractivity contribution < 1.29 is 14.3 Å². The fraction of sp³-hybridized carbons (Fsp3) is 0.391. The lowest BCUT2D eigenvalue weighted by atomic mass is 9.85. The first kappa shape index (κ1) is 21.6. The number of rotatable bonds is 6. The lowest BCUT2D eigenvalue weighted by Crippen LogP contribution is -2.39. The van der Waals surface area contributed by atoms with Crippen LogP contribution in [0.1, 0.15) is 57.4 Å². The average molecular weight is 383 g/mol. The zero-order valence-electron chi connectivity index (χ0n) is 17.3. The smallest absolute Gasteiger partial charge is 0.313 e. The average Bonchev–Trinajstić information content (AvgIpc) is 2.66. The molecule has 0 aliphatic rings. The Bertz CT molecular complexity index is 797. The minimum Gasteiger partial charge on any atom is -0.377 e. The highest BCUT2D eigenvalue weighted by atomic mass is 16.5. The number of carbonyl (C=O) groups excluding carboxylic acids is 2. The molecule has 0 radical (unpaired) electrons. The maximum Gasteiger partial charge on any atom is 0.313 e. The lowest BCUT2D eigenvalue weighted by molar-refractivity contribution is -0.136. The van der Waals surface area contributed by atoms with Crippen LogP contribution in [0.4, 0.5) is 5.69 Å². The summed E-state index contributed by atoms with van der Waals surface area (Å²) in [5.74, 6) is -1.33. The second kappa shape index (κ2) is 9.51. The van der Waals surface area contributed by atoms with Crippen LogP contribution in [-0.4, -0.2) is 18.9 Å². The number of anilines is 1. The number of carbonyl (C=O) groups is 2. The zero-order valence-corrected chi connectivity index (χ0v) is 17.3. The highest BCUT2D eigenvalue weighted by Gasteiger charge is 2.24. The lowest BCUT2D eigenvalue weighted by Gasteiger charge is -2.27. The quantitative estimate of drug-likeness (QED) is 0.716. The van der Waals surface area contributed by atoms with Crippen molar-refractivity contribution in [2.45, 2.75) is 46.3 Å². The van der Waals surface area contributed by atoms with Gasteiger partial charge >= 0.3 is 11.8 Å². The van der Waals surface area contributed by atoms with Crippen molar-refractivity contribution in [2.75, 3.05) is 12.4 Å². The summed E-state index contributed by atoms with van der Waals surface area (Å²) in [5, 5.41) is 5.56. The predicted octanol–water partition coefficient (Wildman–Crippen LogP) is 4.63. The van der Waals surface area contributed by atoms with E-state index in [1.807, 2.05) is 55.5 Å². The summed E-state index contributed by atoms with van der Waals surface area (Å²) in [4.78, 5) is 25.0. The molecular weight excluding hydrogens is 352 g/mol. The van der Waals surface area contributed by atoms with Crippen LogP contribution in [0.3, 0.4) is 0 Å². The molecule has 2 amide bonds. The first-order chi connectivity index (χ1) is 13.2. The Balaban J connectivity index is 2.09. The highest BCUT2D eigenvalue weighted by Crippen LogP contribution is 2.29. The molecule has 150 valence electrons. The van der Waals surface area contributed by atoms with Crippen LogP contribution in [-0.2, 0) is 14.3 Å². The van der Waals surface area contributed by atoms with Crippen molar-refractivity contribution in [3.05, 3.63) is 65.7 Å². The van der Waals surface area contributed by atoms with Crippen LogP contribution in [0.5, 0.6) is 0 Å². The van der Waals surface area contributed by atoms with Crippen molar-refractivity contribution in [3.63, 3.8) is 0 Å². The largest absolute Gasteiger partial charge is 0.377 e. The highest BCUT2D eigenvalue weighted by molar-refractivity contribution is 6.39. The van der Waals surface area contributed by atoms with E-state index in [0.29, 0.717) is 5.69 Å². The number of benzene rings is 2. The number of amides is 2. The normalized spacial score (nSPS) is 13.5. The maximum atomic E-state index is 12.5. The zero-order chi connectivity index (χ0) is 20.7. The molecule has 2 N–H and O–H groups in total. The third-order valence-corrected chi connectivity index (χ3v) is 4.50. The Labute approximate surface area is 167 Å². The number of hydrogen-bond acceptors (Lipinski definition) is 3. The van der Waals surface area contributed by atoms with Gasteiger partial charge in [0.05, 0.1) is 12.1 Å². The fourth-order valence-corrected chi connectivity index (χ4v) is 2.97. The Morgan fingerprint density at radius 1 is 0.964 bits per heavy atom. The van der Waals surface area contributed by atoms with Crippen LogP contribution >= 0.6 is 0 Å². The van der Waals surface area contributed by atoms with Crippen LogP contribution < -0.4 is 10.6 Å². The SMILES string of the molecule is CO[C@H](C)c1cccc(NC(=O)C(=O)N[C@H](CC(C)(C)C)c2ccccc2)c1. The van der Waals surface area contributed by atoms with E-state index in [1.165, 1.54) is 0 Å². The number of ether oxygens (including phenoxy) is 1. The van der Waals surface area contributed by atoms with Gasteiger partial charge in [0, 0.05) is 12.8 Å². The number of methoxy groups -OCH3 is 1. The molecule has 28 heavy (non-hydrogen) atoms. The molecule has 0 aliphatic heterocycles. The van der Waals surface area contributed by atoms with Gasteiger partial charge in [0.2, 0.25) is 0 Å². The summed E-state index contributed by atoms with van der Waals surface area (Å²) in [6.07, 6.45) is 0.622. The molecule has 5 heteroatoms. The van der Waals surface area contributed by atoms with Crippen LogP contribution in [0.15, 0.2) is 54.6 Å². The molecular formula is C23H30N2O3. The molecule has 0 aliphatic carbocycles. The van der Waals surface area contributed by atoms with Gasteiger partial charge < -0.3 is 15.4 Å². The summed E-state index contributed by atoms with van der Waals surface area (Å²) >= 11 is 0. The summed E-state index contributed by atoms with van der Waals surface area (Å²) in [7, 11) is 1.63. The van der Waals surface area contributed by atoms with Gasteiger partial charge in [-0.2, -0.15) is 0 Å². The molecule has 0 aromatic heterocycles. The summed E-state index contributed by atoms with van der Waals surface area (Å²) in [6.45, 7) is 8.25. The van der Waals surface area contributed by atoms with Gasteiger partial charge in [0.25, 0.3) is 0 Å². The van der Waals surface area contributed by atoms with E-state index in [4.69, 9.17) is 4.74 Å². The molecule has 2 aromatic rings. The van der Waals surface area contributed by atoms with Gasteiger partial charge in [-0.1, -0.05) is 63.2 Å². The number of nitrogens with one attached hydrogen (secondary N) is 2. The second-order valence-corrected chi connectivity index (χ2v) is 8.16. The van der Waals surface area contributed by atoms with E-state index < -0.39 is 11.8 Å². The molecule has 0 bridgehead atoms. The Hall–Kier alpha value is -2.66. The number of hydrogen-bond donors (Lipinski definition) is 2. The molecule has 0 fully saturated rings. The summed E-state index contributed by atoms with van der Waals surface area (Å²) < 4.78 is 5.30. The van der Waals surface area contributed by atoms with E-state index >= 15 is 0 Å². The molecule has 0 spiro atoms. The first-order valence-electron chi connectivity index (χ1n) is 9.49. The minimum absolute atomic E-state index is 0.00507. The van der Waals surface area contributed by atoms with Crippen LogP contribution in [0.2, 0.25) is 0 Å². The molecule has 2 rings (SSSR count). The molecule has 2 aromatic carbocycles. The van der Waals surface area contributed by atoms with Crippen molar-refractivity contribution >= 4 is 17.5 Å². The van der Waals surface area contributed by atoms with Crippen molar-refractivity contribution in [1.82, 2.24) is 5.32 Å². The Morgan fingerprint density at radius 3 is 2.21 bits per heavy atom. The van der Waals surface area contributed by atoms with Crippen molar-refractivity contribution in [1.29, 1.82) is 0 Å². The van der Waals surface area contributed by atoms with E-state index in [9.17, 15) is 9.59 Å². The van der Waals surface area contributed by atoms with Gasteiger partial charge in [-0.05, 0) is 42.0 Å². The molecule has 0 heterocycles. The van der Waals surface area contributed by atoms with E-state index in [1.54, 1.807) is 13.2 Å². The van der Waals surface area contributed by atoms with Crippen molar-refractivity contribution in [2.24, 2.45) is 5.41 Å². The van der Waals surface area contributed by atoms with E-state index in [-0.39, 0.29) is 17.6 Å². The van der Waals surface area contributed by atoms with Crippen LogP contribution in [0, 0.1) is 5.41 Å². The van der Waals surface area contributed by atoms with E-state index in [2.05, 4.69) is 31.4 Å². The minimum atomic E-state index is -0.683. The second-order valence-electron chi connectivity index (χ2n) is 8.16. The fourth-order valence-electron chi connectivity index (χ4n) is 2.97. The summed E-state index contributed by atoms with van der Waals surface area (Å²) in [6, 6.07) is 16.8. The van der Waals surface area contributed by atoms with Gasteiger partial charge in [-0.3, -0.25) is 9.59 Å². The standard InChI is InChI=1S/C23H30N2O3/c1-16(28-5)18-12-9-13-19(14-18)24-21(26)22(27)25-20(15-23(2,3)4)17-10-7-6-8-11-17/h6-14,16,20H,15H2,1-5H3,(H,24,26)(H,25,27)/t16-,20-/m1/s1.